The summed E-state index contributed by atoms with van der Waals surface area (Å²) in [5.41, 5.74) is 2.96. The number of benzene rings is 2. The van der Waals surface area contributed by atoms with Crippen molar-refractivity contribution in [3.05, 3.63) is 89.0 Å². The van der Waals surface area contributed by atoms with Crippen molar-refractivity contribution in [1.82, 2.24) is 4.90 Å². The lowest BCUT2D eigenvalue weighted by molar-refractivity contribution is 0.0529. The van der Waals surface area contributed by atoms with Gasteiger partial charge in [0.15, 0.2) is 0 Å². The average molecular weight is 469 g/mol. The number of carbonyl (C=O) groups is 1. The quantitative estimate of drug-likeness (QED) is 0.240. The molecule has 0 bridgehead atoms. The zero-order valence-corrected chi connectivity index (χ0v) is 20.0. The Balaban J connectivity index is 2.39. The summed E-state index contributed by atoms with van der Waals surface area (Å²) in [7, 11) is 3.71. The molecular formula is C27H24N4O2S. The molecule has 0 radical (unpaired) electrons. The third-order valence-electron chi connectivity index (χ3n) is 4.76. The van der Waals surface area contributed by atoms with Crippen LogP contribution in [0.25, 0.3) is 16.7 Å². The van der Waals surface area contributed by atoms with Gasteiger partial charge in [-0.2, -0.15) is 10.5 Å². The van der Waals surface area contributed by atoms with E-state index in [-0.39, 0.29) is 12.2 Å². The summed E-state index contributed by atoms with van der Waals surface area (Å²) in [4.78, 5) is 15.7. The number of allylic oxidation sites excluding steroid dienone is 3. The Morgan fingerprint density at radius 2 is 1.68 bits per heavy atom. The maximum atomic E-state index is 13.2. The lowest BCUT2D eigenvalue weighted by Gasteiger charge is -2.11. The second-order valence-electron chi connectivity index (χ2n) is 7.38. The molecular weight excluding hydrogens is 444 g/mol. The Morgan fingerprint density at radius 3 is 2.24 bits per heavy atom. The van der Waals surface area contributed by atoms with E-state index in [0.29, 0.717) is 26.6 Å². The van der Waals surface area contributed by atoms with Crippen LogP contribution in [-0.2, 0) is 4.74 Å². The summed E-state index contributed by atoms with van der Waals surface area (Å²) in [5.74, 6) is -0.478. The monoisotopic (exact) mass is 468 g/mol. The van der Waals surface area contributed by atoms with Gasteiger partial charge in [-0.05, 0) is 36.9 Å². The minimum absolute atomic E-state index is 0.0433. The molecule has 0 fully saturated rings. The SMILES string of the molecule is CCOC(=O)c1c(Nc2ccccc2)sc(C(/C=C/N(C)C)=C(C#N)C#N)c1-c1ccccc1. The Labute approximate surface area is 203 Å². The Kier molecular flexibility index (Phi) is 8.23. The molecule has 3 aromatic rings. The predicted molar refractivity (Wildman–Crippen MR) is 136 cm³/mol. The van der Waals surface area contributed by atoms with Gasteiger partial charge in [-0.25, -0.2) is 4.79 Å². The lowest BCUT2D eigenvalue weighted by Crippen LogP contribution is -2.08. The van der Waals surface area contributed by atoms with Crippen molar-refractivity contribution >= 4 is 33.6 Å². The van der Waals surface area contributed by atoms with Crippen molar-refractivity contribution in [2.24, 2.45) is 0 Å². The number of hydrogen-bond acceptors (Lipinski definition) is 7. The summed E-state index contributed by atoms with van der Waals surface area (Å²) in [6.45, 7) is 1.97. The zero-order valence-electron chi connectivity index (χ0n) is 19.2. The second kappa shape index (κ2) is 11.5. The summed E-state index contributed by atoms with van der Waals surface area (Å²) in [6.07, 6.45) is 3.49. The van der Waals surface area contributed by atoms with E-state index in [1.54, 1.807) is 19.2 Å². The fourth-order valence-electron chi connectivity index (χ4n) is 3.28. The van der Waals surface area contributed by atoms with Gasteiger partial charge >= 0.3 is 5.97 Å². The molecule has 170 valence electrons. The number of hydrogen-bond donors (Lipinski definition) is 1. The number of carbonyl (C=O) groups excluding carboxylic acids is 1. The highest BCUT2D eigenvalue weighted by atomic mass is 32.1. The third-order valence-corrected chi connectivity index (χ3v) is 5.90. The number of nitriles is 2. The van der Waals surface area contributed by atoms with E-state index in [2.05, 4.69) is 5.32 Å². The van der Waals surface area contributed by atoms with E-state index in [0.717, 1.165) is 11.3 Å². The van der Waals surface area contributed by atoms with Crippen LogP contribution >= 0.6 is 11.3 Å². The number of nitrogens with zero attached hydrogens (tertiary/aromatic N) is 3. The first kappa shape index (κ1) is 24.3. The second-order valence-corrected chi connectivity index (χ2v) is 8.40. The van der Waals surface area contributed by atoms with E-state index >= 15 is 0 Å². The van der Waals surface area contributed by atoms with Crippen LogP contribution in [-0.4, -0.2) is 31.6 Å². The third kappa shape index (κ3) is 5.53. The van der Waals surface area contributed by atoms with Gasteiger partial charge in [0.25, 0.3) is 0 Å². The van der Waals surface area contributed by atoms with Gasteiger partial charge in [0.2, 0.25) is 0 Å². The van der Waals surface area contributed by atoms with Crippen LogP contribution < -0.4 is 5.32 Å². The van der Waals surface area contributed by atoms with E-state index in [1.807, 2.05) is 91.8 Å². The molecule has 1 aromatic heterocycles. The summed E-state index contributed by atoms with van der Waals surface area (Å²) in [6, 6.07) is 22.9. The van der Waals surface area contributed by atoms with Gasteiger partial charge in [-0.15, -0.1) is 11.3 Å². The lowest BCUT2D eigenvalue weighted by atomic mass is 9.96. The molecule has 0 saturated carbocycles. The maximum absolute atomic E-state index is 13.2. The van der Waals surface area contributed by atoms with Gasteiger partial charge in [0.05, 0.1) is 6.61 Å². The summed E-state index contributed by atoms with van der Waals surface area (Å²) < 4.78 is 5.43. The van der Waals surface area contributed by atoms with Crippen LogP contribution in [0.3, 0.4) is 0 Å². The number of anilines is 2. The van der Waals surface area contributed by atoms with Gasteiger partial charge in [-0.1, -0.05) is 48.5 Å². The molecule has 0 atom stereocenters. The minimum atomic E-state index is -0.478. The minimum Gasteiger partial charge on any atom is -0.462 e. The average Bonchev–Trinajstić information content (AvgIpc) is 3.21. The Hall–Kier alpha value is -4.33. The largest absolute Gasteiger partial charge is 0.462 e. The molecule has 7 heteroatoms. The molecule has 0 aliphatic rings. The van der Waals surface area contributed by atoms with Crippen molar-refractivity contribution in [1.29, 1.82) is 10.5 Å². The standard InChI is InChI=1S/C27H24N4O2S/c1-4-33-27(32)24-23(19-11-7-5-8-12-19)25(22(15-16-31(2)3)20(17-28)18-29)34-26(24)30-21-13-9-6-10-14-21/h5-16,30H,4H2,1-3H3/b16-15+. The van der Waals surface area contributed by atoms with Gasteiger partial charge in [0.1, 0.15) is 28.3 Å². The number of rotatable bonds is 8. The molecule has 0 amide bonds. The fraction of sp³-hybridized carbons (Fsp3) is 0.148. The van der Waals surface area contributed by atoms with Crippen LogP contribution in [0.4, 0.5) is 10.7 Å². The summed E-state index contributed by atoms with van der Waals surface area (Å²) in [5, 5.41) is 23.3. The predicted octanol–water partition coefficient (Wildman–Crippen LogP) is 6.21. The zero-order chi connectivity index (χ0) is 24.5. The number of para-hydroxylation sites is 1. The number of ether oxygens (including phenoxy) is 1. The van der Waals surface area contributed by atoms with E-state index in [9.17, 15) is 15.3 Å². The first-order chi connectivity index (χ1) is 16.5. The highest BCUT2D eigenvalue weighted by Crippen LogP contribution is 2.46. The molecule has 1 N–H and O–H groups in total. The smallest absolute Gasteiger partial charge is 0.341 e. The molecule has 3 rings (SSSR count). The topological polar surface area (TPSA) is 89.2 Å². The van der Waals surface area contributed by atoms with Crippen molar-refractivity contribution in [3.63, 3.8) is 0 Å². The molecule has 1 heterocycles. The van der Waals surface area contributed by atoms with Crippen molar-refractivity contribution in [3.8, 4) is 23.3 Å². The number of nitrogens with one attached hydrogen (secondary N) is 1. The highest BCUT2D eigenvalue weighted by molar-refractivity contribution is 7.18. The van der Waals surface area contributed by atoms with E-state index in [4.69, 9.17) is 4.74 Å². The molecule has 2 aromatic carbocycles. The van der Waals surface area contributed by atoms with Crippen LogP contribution in [0, 0.1) is 22.7 Å². The fourth-order valence-corrected chi connectivity index (χ4v) is 4.54. The van der Waals surface area contributed by atoms with Crippen LogP contribution in [0.2, 0.25) is 0 Å². The van der Waals surface area contributed by atoms with Crippen molar-refractivity contribution in [2.75, 3.05) is 26.0 Å². The molecule has 0 aliphatic heterocycles. The number of esters is 1. The first-order valence-corrected chi connectivity index (χ1v) is 11.4. The molecule has 34 heavy (non-hydrogen) atoms. The normalized spacial score (nSPS) is 10.3. The maximum Gasteiger partial charge on any atom is 0.341 e. The van der Waals surface area contributed by atoms with Crippen LogP contribution in [0.1, 0.15) is 22.2 Å². The van der Waals surface area contributed by atoms with E-state index in [1.165, 1.54) is 11.3 Å². The molecule has 6 nitrogen and oxygen atoms in total. The molecule has 0 saturated heterocycles. The van der Waals surface area contributed by atoms with Crippen molar-refractivity contribution in [2.45, 2.75) is 6.92 Å². The Morgan fingerprint density at radius 1 is 1.06 bits per heavy atom. The van der Waals surface area contributed by atoms with Crippen LogP contribution in [0.15, 0.2) is 78.5 Å². The number of thiophene rings is 1. The molecule has 0 spiro atoms. The molecule has 0 aliphatic carbocycles. The van der Waals surface area contributed by atoms with Gasteiger partial charge < -0.3 is 15.0 Å². The highest BCUT2D eigenvalue weighted by Gasteiger charge is 2.28. The summed E-state index contributed by atoms with van der Waals surface area (Å²) >= 11 is 1.31. The van der Waals surface area contributed by atoms with Crippen molar-refractivity contribution < 1.29 is 9.53 Å². The molecule has 0 unspecified atom stereocenters. The first-order valence-electron chi connectivity index (χ1n) is 10.6. The Bertz CT molecular complexity index is 1280. The van der Waals surface area contributed by atoms with E-state index < -0.39 is 5.97 Å². The van der Waals surface area contributed by atoms with Gasteiger partial charge in [-0.3, -0.25) is 0 Å². The van der Waals surface area contributed by atoms with Crippen LogP contribution in [0.5, 0.6) is 0 Å². The van der Waals surface area contributed by atoms with Gasteiger partial charge in [0, 0.05) is 35.8 Å².